The van der Waals surface area contributed by atoms with Gasteiger partial charge in [0.2, 0.25) is 0 Å². The van der Waals surface area contributed by atoms with Crippen LogP contribution >= 0.6 is 0 Å². The first-order valence-electron chi connectivity index (χ1n) is 10.8. The molecule has 0 radical (unpaired) electrons. The van der Waals surface area contributed by atoms with Crippen LogP contribution in [0.1, 0.15) is 72.9 Å². The maximum atomic E-state index is 10.0. The third-order valence-corrected chi connectivity index (χ3v) is 5.09. The number of carbonyl (C=O) groups is 1. The number of benzene rings is 1. The van der Waals surface area contributed by atoms with Crippen molar-refractivity contribution in [3.05, 3.63) is 41.0 Å². The molecule has 0 aromatic heterocycles. The number of rotatable bonds is 6. The third-order valence-electron chi connectivity index (χ3n) is 5.09. The molecule has 5 nitrogen and oxygen atoms in total. The maximum Gasteiger partial charge on any atom is 0.320 e. The molecule has 3 N–H and O–H groups in total. The summed E-state index contributed by atoms with van der Waals surface area (Å²) in [5.41, 5.74) is 10.7. The summed E-state index contributed by atoms with van der Waals surface area (Å²) < 4.78 is 11.7. The van der Waals surface area contributed by atoms with Gasteiger partial charge in [-0.3, -0.25) is 4.79 Å². The quantitative estimate of drug-likeness (QED) is 0.660. The molecule has 1 unspecified atom stereocenters. The largest absolute Gasteiger partial charge is 0.480 e. The lowest BCUT2D eigenvalue weighted by molar-refractivity contribution is -0.142. The van der Waals surface area contributed by atoms with Gasteiger partial charge in [-0.05, 0) is 46.4 Å². The van der Waals surface area contributed by atoms with Gasteiger partial charge < -0.3 is 20.3 Å². The molecule has 2 rings (SSSR count). The van der Waals surface area contributed by atoms with Crippen LogP contribution in [-0.4, -0.2) is 36.6 Å². The van der Waals surface area contributed by atoms with Crippen molar-refractivity contribution in [2.75, 3.05) is 13.2 Å². The Morgan fingerprint density at radius 3 is 2.17 bits per heavy atom. The van der Waals surface area contributed by atoms with Crippen LogP contribution in [0.4, 0.5) is 0 Å². The molecule has 1 aliphatic heterocycles. The van der Waals surface area contributed by atoms with Gasteiger partial charge in [-0.1, -0.05) is 72.7 Å². The van der Waals surface area contributed by atoms with Crippen LogP contribution in [0.3, 0.4) is 0 Å². The van der Waals surface area contributed by atoms with Crippen LogP contribution in [0.15, 0.2) is 29.8 Å². The van der Waals surface area contributed by atoms with Crippen LogP contribution in [0.25, 0.3) is 5.57 Å². The summed E-state index contributed by atoms with van der Waals surface area (Å²) in [7, 11) is 0. The second-order valence-electron chi connectivity index (χ2n) is 9.87. The summed E-state index contributed by atoms with van der Waals surface area (Å²) >= 11 is 0. The molecule has 1 aliphatic rings. The van der Waals surface area contributed by atoms with Gasteiger partial charge in [0.1, 0.15) is 6.04 Å². The van der Waals surface area contributed by atoms with E-state index >= 15 is 0 Å². The van der Waals surface area contributed by atoms with Gasteiger partial charge >= 0.3 is 5.97 Å². The summed E-state index contributed by atoms with van der Waals surface area (Å²) in [4.78, 5) is 10.0. The van der Waals surface area contributed by atoms with Gasteiger partial charge in [0.05, 0.1) is 13.2 Å². The Bertz CT molecular complexity index is 699. The van der Waals surface area contributed by atoms with Crippen LogP contribution in [-0.2, 0) is 19.7 Å². The molecule has 0 bridgehead atoms. The van der Waals surface area contributed by atoms with Gasteiger partial charge in [0.25, 0.3) is 0 Å². The topological polar surface area (TPSA) is 81.8 Å². The van der Waals surface area contributed by atoms with E-state index in [-0.39, 0.29) is 17.6 Å². The predicted molar refractivity (Wildman–Crippen MR) is 123 cm³/mol. The van der Waals surface area contributed by atoms with E-state index in [1.807, 2.05) is 0 Å². The summed E-state index contributed by atoms with van der Waals surface area (Å²) in [6, 6.07) is 8.26. The van der Waals surface area contributed by atoms with E-state index in [2.05, 4.69) is 65.8 Å². The highest BCUT2D eigenvalue weighted by molar-refractivity contribution is 5.73. The molecular formula is C25H41NO4. The van der Waals surface area contributed by atoms with Gasteiger partial charge in [0, 0.05) is 6.42 Å². The normalized spacial score (nSPS) is 18.3. The highest BCUT2D eigenvalue weighted by atomic mass is 16.7. The fraction of sp³-hybridized carbons (Fsp3) is 0.640. The summed E-state index contributed by atoms with van der Waals surface area (Å²) in [5.74, 6) is -0.377. The molecule has 0 aliphatic carbocycles. The van der Waals surface area contributed by atoms with E-state index in [4.69, 9.17) is 20.3 Å². The minimum atomic E-state index is -0.931. The first kappa shape index (κ1) is 26.3. The van der Waals surface area contributed by atoms with E-state index in [1.165, 1.54) is 22.3 Å². The standard InChI is InChI=1S/C20H30O2.C5H11NO2/c1-14(2)12-21-19-11-18(15(3)13-22-19)16-7-9-17(10-8-16)20(4,5)6;1-3(2)4(6)5(7)8/h7-10,14,19H,11-13H2,1-6H3;3-4H,6H2,1-2H3,(H,7,8)/t;4-/m.0/s1. The predicted octanol–water partition coefficient (Wildman–Crippen LogP) is 5.23. The molecular weight excluding hydrogens is 378 g/mol. The van der Waals surface area contributed by atoms with E-state index in [0.29, 0.717) is 12.5 Å². The van der Waals surface area contributed by atoms with Crippen LogP contribution < -0.4 is 5.73 Å². The van der Waals surface area contributed by atoms with Crippen LogP contribution in [0.5, 0.6) is 0 Å². The molecule has 1 aromatic carbocycles. The highest BCUT2D eigenvalue weighted by Crippen LogP contribution is 2.31. The third kappa shape index (κ3) is 8.58. The Labute approximate surface area is 182 Å². The molecule has 2 atom stereocenters. The van der Waals surface area contributed by atoms with Crippen LogP contribution in [0, 0.1) is 11.8 Å². The molecule has 170 valence electrons. The Kier molecular flexibility index (Phi) is 10.2. The van der Waals surface area contributed by atoms with Crippen molar-refractivity contribution in [1.82, 2.24) is 0 Å². The number of nitrogens with two attached hydrogens (primary N) is 1. The van der Waals surface area contributed by atoms with E-state index in [9.17, 15) is 4.79 Å². The van der Waals surface area contributed by atoms with Gasteiger partial charge in [-0.15, -0.1) is 0 Å². The number of carboxylic acid groups (broad SMARTS) is 1. The van der Waals surface area contributed by atoms with E-state index in [0.717, 1.165) is 13.0 Å². The Morgan fingerprint density at radius 1 is 1.20 bits per heavy atom. The smallest absolute Gasteiger partial charge is 0.320 e. The van der Waals surface area contributed by atoms with Crippen molar-refractivity contribution in [3.63, 3.8) is 0 Å². The average Bonchev–Trinajstić information content (AvgIpc) is 2.66. The summed E-state index contributed by atoms with van der Waals surface area (Å²) in [6.45, 7) is 18.2. The second kappa shape index (κ2) is 11.6. The maximum absolute atomic E-state index is 10.0. The molecule has 1 heterocycles. The molecule has 1 aromatic rings. The minimum absolute atomic E-state index is 0.0208. The lowest BCUT2D eigenvalue weighted by Crippen LogP contribution is -2.34. The molecule has 0 fully saturated rings. The van der Waals surface area contributed by atoms with Crippen molar-refractivity contribution in [2.24, 2.45) is 17.6 Å². The number of hydrogen-bond donors (Lipinski definition) is 2. The monoisotopic (exact) mass is 419 g/mol. The molecule has 0 spiro atoms. The second-order valence-corrected chi connectivity index (χ2v) is 9.87. The molecule has 0 amide bonds. The first-order valence-corrected chi connectivity index (χ1v) is 10.8. The number of hydrogen-bond acceptors (Lipinski definition) is 4. The van der Waals surface area contributed by atoms with Gasteiger partial charge in [0.15, 0.2) is 6.29 Å². The Morgan fingerprint density at radius 2 is 1.77 bits per heavy atom. The summed E-state index contributed by atoms with van der Waals surface area (Å²) in [5, 5.41) is 8.23. The van der Waals surface area contributed by atoms with Crippen LogP contribution in [0.2, 0.25) is 0 Å². The Balaban J connectivity index is 0.000000479. The zero-order valence-electron chi connectivity index (χ0n) is 20.0. The van der Waals surface area contributed by atoms with E-state index < -0.39 is 12.0 Å². The Hall–Kier alpha value is -1.69. The SMILES string of the molecule is CC(C)[C@H](N)C(=O)O.CC1=C(c2ccc(C(C)(C)C)cc2)CC(OCC(C)C)OC1. The molecule has 0 saturated carbocycles. The fourth-order valence-electron chi connectivity index (χ4n) is 2.93. The van der Waals surface area contributed by atoms with Crippen molar-refractivity contribution < 1.29 is 19.4 Å². The lowest BCUT2D eigenvalue weighted by Gasteiger charge is -2.28. The van der Waals surface area contributed by atoms with Crippen molar-refractivity contribution in [1.29, 1.82) is 0 Å². The van der Waals surface area contributed by atoms with E-state index in [1.54, 1.807) is 13.8 Å². The average molecular weight is 420 g/mol. The van der Waals surface area contributed by atoms with Gasteiger partial charge in [-0.2, -0.15) is 0 Å². The number of carboxylic acids is 1. The molecule has 5 heteroatoms. The fourth-order valence-corrected chi connectivity index (χ4v) is 2.93. The van der Waals surface area contributed by atoms with Gasteiger partial charge in [-0.25, -0.2) is 0 Å². The lowest BCUT2D eigenvalue weighted by atomic mass is 9.85. The molecule has 30 heavy (non-hydrogen) atoms. The van der Waals surface area contributed by atoms with Crippen molar-refractivity contribution in [3.8, 4) is 0 Å². The van der Waals surface area contributed by atoms with Crippen molar-refractivity contribution in [2.45, 2.75) is 79.6 Å². The first-order chi connectivity index (χ1) is 13.8. The highest BCUT2D eigenvalue weighted by Gasteiger charge is 2.22. The summed E-state index contributed by atoms with van der Waals surface area (Å²) in [6.07, 6.45) is 0.733. The molecule has 0 saturated heterocycles. The number of ether oxygens (including phenoxy) is 2. The minimum Gasteiger partial charge on any atom is -0.480 e. The van der Waals surface area contributed by atoms with Crippen molar-refractivity contribution >= 4 is 11.5 Å². The number of aliphatic carboxylic acids is 1. The zero-order chi connectivity index (χ0) is 23.1. The zero-order valence-corrected chi connectivity index (χ0v) is 20.0.